The molecule has 1 rings (SSSR count). The van der Waals surface area contributed by atoms with Crippen molar-refractivity contribution >= 4 is 31.7 Å². The lowest BCUT2D eigenvalue weighted by atomic mass is 10.3. The molecule has 0 heterocycles. The van der Waals surface area contributed by atoms with Crippen LogP contribution in [0.5, 0.6) is 0 Å². The van der Waals surface area contributed by atoms with Gasteiger partial charge in [-0.2, -0.15) is 4.31 Å². The van der Waals surface area contributed by atoms with Crippen molar-refractivity contribution in [3.05, 3.63) is 28.7 Å². The van der Waals surface area contributed by atoms with Gasteiger partial charge in [0.1, 0.15) is 5.78 Å². The molecular weight excluding hydrogens is 318 g/mol. The molecule has 0 saturated carbocycles. The molecule has 1 aromatic rings. The minimum absolute atomic E-state index is 0.101. The van der Waals surface area contributed by atoms with Crippen molar-refractivity contribution < 1.29 is 13.2 Å². The van der Waals surface area contributed by atoms with Gasteiger partial charge in [0, 0.05) is 10.5 Å². The van der Waals surface area contributed by atoms with Crippen LogP contribution in [0.4, 0.5) is 0 Å². The zero-order chi connectivity index (χ0) is 13.9. The van der Waals surface area contributed by atoms with E-state index in [9.17, 15) is 13.2 Å². The molecule has 0 aliphatic carbocycles. The smallest absolute Gasteiger partial charge is 0.243 e. The number of Topliss-reactive ketones (excluding diaryl/α,β-unsaturated/α-hetero) is 1. The summed E-state index contributed by atoms with van der Waals surface area (Å²) in [5, 5.41) is 0. The molecule has 0 saturated heterocycles. The van der Waals surface area contributed by atoms with Gasteiger partial charge >= 0.3 is 0 Å². The van der Waals surface area contributed by atoms with E-state index in [4.69, 9.17) is 0 Å². The van der Waals surface area contributed by atoms with E-state index in [1.807, 2.05) is 0 Å². The number of sulfonamides is 1. The summed E-state index contributed by atoms with van der Waals surface area (Å²) in [6, 6.07) is 6.12. The van der Waals surface area contributed by atoms with Crippen LogP contribution in [0.25, 0.3) is 0 Å². The molecule has 6 heteroatoms. The first-order valence-electron chi connectivity index (χ1n) is 5.52. The van der Waals surface area contributed by atoms with Crippen LogP contribution >= 0.6 is 15.9 Å². The topological polar surface area (TPSA) is 54.5 Å². The highest BCUT2D eigenvalue weighted by molar-refractivity contribution is 9.10. The van der Waals surface area contributed by atoms with Crippen LogP contribution in [0.1, 0.15) is 20.8 Å². The molecule has 4 nitrogen and oxygen atoms in total. The fourth-order valence-corrected chi connectivity index (χ4v) is 3.43. The fourth-order valence-electron chi connectivity index (χ4n) is 1.51. The van der Waals surface area contributed by atoms with Gasteiger partial charge in [-0.05, 0) is 45.0 Å². The summed E-state index contributed by atoms with van der Waals surface area (Å²) in [6.07, 6.45) is 0. The standard InChI is InChI=1S/C12H16BrNO3S/c1-9(2)14(8-10(3)15)18(16,17)12-6-4-11(13)5-7-12/h4-7,9H,8H2,1-3H3. The van der Waals surface area contributed by atoms with Crippen LogP contribution in [0.3, 0.4) is 0 Å². The molecule has 0 bridgehead atoms. The van der Waals surface area contributed by atoms with Gasteiger partial charge in [0.2, 0.25) is 10.0 Å². The average Bonchev–Trinajstić information content (AvgIpc) is 2.25. The molecule has 100 valence electrons. The van der Waals surface area contributed by atoms with Gasteiger partial charge in [0.25, 0.3) is 0 Å². The Hall–Kier alpha value is -0.720. The molecule has 0 fully saturated rings. The Morgan fingerprint density at radius 2 is 1.78 bits per heavy atom. The third kappa shape index (κ3) is 3.63. The third-order valence-corrected chi connectivity index (χ3v) is 4.94. The predicted molar refractivity (Wildman–Crippen MR) is 73.9 cm³/mol. The minimum Gasteiger partial charge on any atom is -0.299 e. The molecule has 0 spiro atoms. The van der Waals surface area contributed by atoms with Gasteiger partial charge in [-0.25, -0.2) is 8.42 Å². The molecule has 0 aromatic heterocycles. The van der Waals surface area contributed by atoms with E-state index in [1.165, 1.54) is 23.4 Å². The molecule has 0 amide bonds. The zero-order valence-corrected chi connectivity index (χ0v) is 13.0. The molecule has 18 heavy (non-hydrogen) atoms. The second-order valence-corrected chi connectivity index (χ2v) is 7.11. The minimum atomic E-state index is -3.62. The Labute approximate surface area is 116 Å². The van der Waals surface area contributed by atoms with Crippen molar-refractivity contribution in [1.29, 1.82) is 0 Å². The Bertz CT molecular complexity index is 523. The van der Waals surface area contributed by atoms with Crippen molar-refractivity contribution in [3.8, 4) is 0 Å². The lowest BCUT2D eigenvalue weighted by Crippen LogP contribution is -2.40. The predicted octanol–water partition coefficient (Wildman–Crippen LogP) is 2.44. The summed E-state index contributed by atoms with van der Waals surface area (Å²) >= 11 is 3.26. The van der Waals surface area contributed by atoms with Crippen LogP contribution in [0.15, 0.2) is 33.6 Å². The summed E-state index contributed by atoms with van der Waals surface area (Å²) in [7, 11) is -3.62. The maximum absolute atomic E-state index is 12.4. The second-order valence-electron chi connectivity index (χ2n) is 4.30. The Morgan fingerprint density at radius 1 is 1.28 bits per heavy atom. The third-order valence-electron chi connectivity index (χ3n) is 2.37. The van der Waals surface area contributed by atoms with E-state index in [0.717, 1.165) is 4.47 Å². The maximum atomic E-state index is 12.4. The van der Waals surface area contributed by atoms with Crippen LogP contribution in [0.2, 0.25) is 0 Å². The Morgan fingerprint density at radius 3 is 2.17 bits per heavy atom. The van der Waals surface area contributed by atoms with Crippen molar-refractivity contribution in [2.75, 3.05) is 6.54 Å². The molecule has 0 radical (unpaired) electrons. The van der Waals surface area contributed by atoms with Crippen LogP contribution in [0, 0.1) is 0 Å². The van der Waals surface area contributed by atoms with E-state index in [1.54, 1.807) is 26.0 Å². The monoisotopic (exact) mass is 333 g/mol. The summed E-state index contributed by atoms with van der Waals surface area (Å²) < 4.78 is 26.8. The average molecular weight is 334 g/mol. The van der Waals surface area contributed by atoms with Gasteiger partial charge in [-0.1, -0.05) is 15.9 Å². The van der Waals surface area contributed by atoms with Crippen molar-refractivity contribution in [2.45, 2.75) is 31.7 Å². The zero-order valence-electron chi connectivity index (χ0n) is 10.6. The molecule has 0 atom stereocenters. The van der Waals surface area contributed by atoms with Gasteiger partial charge in [-0.15, -0.1) is 0 Å². The number of halogens is 1. The van der Waals surface area contributed by atoms with E-state index < -0.39 is 10.0 Å². The van der Waals surface area contributed by atoms with E-state index >= 15 is 0 Å². The van der Waals surface area contributed by atoms with E-state index in [0.29, 0.717) is 0 Å². The Balaban J connectivity index is 3.16. The molecule has 0 aliphatic rings. The summed E-state index contributed by atoms with van der Waals surface area (Å²) in [6.45, 7) is 4.78. The lowest BCUT2D eigenvalue weighted by Gasteiger charge is -2.24. The number of carbonyl (C=O) groups excluding carboxylic acids is 1. The van der Waals surface area contributed by atoms with Crippen molar-refractivity contribution in [1.82, 2.24) is 4.31 Å². The summed E-state index contributed by atoms with van der Waals surface area (Å²) in [5.41, 5.74) is 0. The first-order valence-corrected chi connectivity index (χ1v) is 7.75. The number of rotatable bonds is 5. The highest BCUT2D eigenvalue weighted by atomic mass is 79.9. The number of ketones is 1. The first kappa shape index (κ1) is 15.3. The van der Waals surface area contributed by atoms with E-state index in [2.05, 4.69) is 15.9 Å². The number of carbonyl (C=O) groups is 1. The normalized spacial score (nSPS) is 12.1. The number of hydrogen-bond donors (Lipinski definition) is 0. The molecule has 1 aromatic carbocycles. The van der Waals surface area contributed by atoms with Crippen LogP contribution in [-0.4, -0.2) is 31.1 Å². The quantitative estimate of drug-likeness (QED) is 0.831. The number of nitrogens with zero attached hydrogens (tertiary/aromatic N) is 1. The first-order chi connectivity index (χ1) is 8.25. The lowest BCUT2D eigenvalue weighted by molar-refractivity contribution is -0.117. The number of hydrogen-bond acceptors (Lipinski definition) is 3. The second kappa shape index (κ2) is 5.95. The summed E-state index contributed by atoms with van der Waals surface area (Å²) in [4.78, 5) is 11.4. The van der Waals surface area contributed by atoms with Crippen molar-refractivity contribution in [3.63, 3.8) is 0 Å². The highest BCUT2D eigenvalue weighted by Crippen LogP contribution is 2.20. The largest absolute Gasteiger partial charge is 0.299 e. The summed E-state index contributed by atoms with van der Waals surface area (Å²) in [5.74, 6) is -0.176. The van der Waals surface area contributed by atoms with Gasteiger partial charge in [0.15, 0.2) is 0 Å². The van der Waals surface area contributed by atoms with Crippen molar-refractivity contribution in [2.24, 2.45) is 0 Å². The Kier molecular flexibility index (Phi) is 5.07. The van der Waals surface area contributed by atoms with Gasteiger partial charge < -0.3 is 0 Å². The molecule has 0 N–H and O–H groups in total. The SMILES string of the molecule is CC(=O)CN(C(C)C)S(=O)(=O)c1ccc(Br)cc1. The number of benzene rings is 1. The van der Waals surface area contributed by atoms with E-state index in [-0.39, 0.29) is 23.3 Å². The maximum Gasteiger partial charge on any atom is 0.243 e. The van der Waals surface area contributed by atoms with Crippen LogP contribution in [-0.2, 0) is 14.8 Å². The highest BCUT2D eigenvalue weighted by Gasteiger charge is 2.27. The molecule has 0 aliphatic heterocycles. The van der Waals surface area contributed by atoms with Gasteiger partial charge in [0.05, 0.1) is 11.4 Å². The fraction of sp³-hybridized carbons (Fsp3) is 0.417. The van der Waals surface area contributed by atoms with Crippen LogP contribution < -0.4 is 0 Å². The molecular formula is C12H16BrNO3S. The molecule has 0 unspecified atom stereocenters. The van der Waals surface area contributed by atoms with Gasteiger partial charge in [-0.3, -0.25) is 4.79 Å².